The first-order valence-electron chi connectivity index (χ1n) is 4.96. The highest BCUT2D eigenvalue weighted by Gasteiger charge is 2.18. The second-order valence-corrected chi connectivity index (χ2v) is 4.26. The van der Waals surface area contributed by atoms with Gasteiger partial charge in [0.1, 0.15) is 6.04 Å². The van der Waals surface area contributed by atoms with Crippen LogP contribution in [0, 0.1) is 0 Å². The van der Waals surface area contributed by atoms with Gasteiger partial charge >= 0.3 is 12.0 Å². The predicted octanol–water partition coefficient (Wildman–Crippen LogP) is -1.24. The van der Waals surface area contributed by atoms with Gasteiger partial charge in [0.2, 0.25) is 11.8 Å². The molecule has 8 nitrogen and oxygen atoms in total. The first kappa shape index (κ1) is 16.2. The van der Waals surface area contributed by atoms with E-state index in [1.807, 2.05) is 5.32 Å². The molecule has 4 N–H and O–H groups in total. The van der Waals surface area contributed by atoms with E-state index in [2.05, 4.69) is 10.6 Å². The Bertz CT molecular complexity index is 347. The average Bonchev–Trinajstić information content (AvgIpc) is 2.26. The van der Waals surface area contributed by atoms with E-state index in [4.69, 9.17) is 5.11 Å². The Morgan fingerprint density at radius 2 is 1.89 bits per heavy atom. The number of aliphatic carboxylic acids is 1. The molecule has 0 aliphatic heterocycles. The lowest BCUT2D eigenvalue weighted by Crippen LogP contribution is -2.42. The van der Waals surface area contributed by atoms with Gasteiger partial charge in [-0.25, -0.2) is 9.59 Å². The number of urea groups is 1. The molecule has 0 saturated carbocycles. The molecule has 0 saturated heterocycles. The van der Waals surface area contributed by atoms with Gasteiger partial charge in [-0.3, -0.25) is 14.9 Å². The van der Waals surface area contributed by atoms with Crippen molar-refractivity contribution >= 4 is 35.6 Å². The van der Waals surface area contributed by atoms with Gasteiger partial charge in [0, 0.05) is 19.7 Å². The van der Waals surface area contributed by atoms with Crippen LogP contribution in [0.3, 0.4) is 0 Å². The minimum Gasteiger partial charge on any atom is -0.480 e. The van der Waals surface area contributed by atoms with Gasteiger partial charge in [-0.15, -0.1) is 11.8 Å². The molecular weight excluding hydrogens is 262 g/mol. The van der Waals surface area contributed by atoms with Crippen molar-refractivity contribution in [3.05, 3.63) is 0 Å². The van der Waals surface area contributed by atoms with E-state index in [9.17, 15) is 19.2 Å². The van der Waals surface area contributed by atoms with Crippen LogP contribution in [0.15, 0.2) is 0 Å². The number of hydrogen-bond donors (Lipinski definition) is 4. The van der Waals surface area contributed by atoms with Crippen LogP contribution < -0.4 is 16.0 Å². The first-order valence-corrected chi connectivity index (χ1v) is 6.11. The Morgan fingerprint density at radius 3 is 2.33 bits per heavy atom. The SMILES string of the molecule is CNC(=O)NC(=O)CSC[C@H](NC(C)=O)C(=O)O. The third-order valence-corrected chi connectivity index (χ3v) is 2.71. The Kier molecular flexibility index (Phi) is 7.52. The fourth-order valence-electron chi connectivity index (χ4n) is 0.915. The summed E-state index contributed by atoms with van der Waals surface area (Å²) in [5.41, 5.74) is 0. The largest absolute Gasteiger partial charge is 0.480 e. The minimum atomic E-state index is -1.18. The van der Waals surface area contributed by atoms with Crippen LogP contribution in [0.2, 0.25) is 0 Å². The van der Waals surface area contributed by atoms with Gasteiger partial charge in [-0.2, -0.15) is 0 Å². The fourth-order valence-corrected chi connectivity index (χ4v) is 1.75. The zero-order valence-electron chi connectivity index (χ0n) is 9.98. The molecule has 0 bridgehead atoms. The number of carbonyl (C=O) groups excluding carboxylic acids is 3. The highest BCUT2D eigenvalue weighted by molar-refractivity contribution is 8.00. The summed E-state index contributed by atoms with van der Waals surface area (Å²) in [5, 5.41) is 15.2. The summed E-state index contributed by atoms with van der Waals surface area (Å²) in [6.07, 6.45) is 0. The number of thioether (sulfide) groups is 1. The molecule has 0 heterocycles. The number of amides is 4. The van der Waals surface area contributed by atoms with Crippen LogP contribution >= 0.6 is 11.8 Å². The molecule has 0 fully saturated rings. The molecule has 1 atom stereocenters. The molecule has 0 aliphatic carbocycles. The van der Waals surface area contributed by atoms with Crippen LogP contribution in [0.1, 0.15) is 6.92 Å². The van der Waals surface area contributed by atoms with Gasteiger partial charge in [-0.1, -0.05) is 0 Å². The summed E-state index contributed by atoms with van der Waals surface area (Å²) >= 11 is 1.00. The van der Waals surface area contributed by atoms with Crippen molar-refractivity contribution in [1.29, 1.82) is 0 Å². The molecule has 0 rings (SSSR count). The molecule has 0 aromatic carbocycles. The second kappa shape index (κ2) is 8.34. The number of rotatable bonds is 6. The standard InChI is InChI=1S/C9H15N3O5S/c1-5(13)11-6(8(15)16)3-18-4-7(14)12-9(17)10-2/h6H,3-4H2,1-2H3,(H,11,13)(H,15,16)(H2,10,12,14,17)/t6-/m0/s1. The molecule has 0 spiro atoms. The summed E-state index contributed by atoms with van der Waals surface area (Å²) in [6.45, 7) is 1.21. The monoisotopic (exact) mass is 277 g/mol. The molecule has 0 radical (unpaired) electrons. The van der Waals surface area contributed by atoms with Gasteiger partial charge in [-0.05, 0) is 0 Å². The average molecular weight is 277 g/mol. The number of imide groups is 1. The topological polar surface area (TPSA) is 125 Å². The Hall–Kier alpha value is -1.77. The molecule has 0 aliphatic rings. The minimum absolute atomic E-state index is 0.0378. The number of nitrogens with one attached hydrogen (secondary N) is 3. The number of carbonyl (C=O) groups is 4. The maximum Gasteiger partial charge on any atom is 0.327 e. The fraction of sp³-hybridized carbons (Fsp3) is 0.556. The Balaban J connectivity index is 3.99. The maximum atomic E-state index is 11.2. The van der Waals surface area contributed by atoms with Crippen LogP contribution in [0.25, 0.3) is 0 Å². The van der Waals surface area contributed by atoms with E-state index < -0.39 is 29.9 Å². The molecule has 0 aromatic heterocycles. The summed E-state index contributed by atoms with van der Waals surface area (Å²) in [7, 11) is 1.37. The second-order valence-electron chi connectivity index (χ2n) is 3.23. The van der Waals surface area contributed by atoms with E-state index in [1.54, 1.807) is 0 Å². The van der Waals surface area contributed by atoms with Gasteiger partial charge in [0.05, 0.1) is 5.75 Å². The number of hydrogen-bond acceptors (Lipinski definition) is 5. The highest BCUT2D eigenvalue weighted by Crippen LogP contribution is 2.03. The molecule has 102 valence electrons. The number of carboxylic acids is 1. The van der Waals surface area contributed by atoms with Crippen molar-refractivity contribution in [2.24, 2.45) is 0 Å². The summed E-state index contributed by atoms with van der Waals surface area (Å²) in [4.78, 5) is 43.4. The van der Waals surface area contributed by atoms with Gasteiger partial charge in [0.25, 0.3) is 0 Å². The molecule has 0 unspecified atom stereocenters. The van der Waals surface area contributed by atoms with Crippen LogP contribution in [-0.4, -0.2) is 53.5 Å². The van der Waals surface area contributed by atoms with Gasteiger partial charge < -0.3 is 15.7 Å². The lowest BCUT2D eigenvalue weighted by atomic mass is 10.3. The van der Waals surface area contributed by atoms with Gasteiger partial charge in [0.15, 0.2) is 0 Å². The van der Waals surface area contributed by atoms with Crippen molar-refractivity contribution in [2.45, 2.75) is 13.0 Å². The van der Waals surface area contributed by atoms with Crippen molar-refractivity contribution in [1.82, 2.24) is 16.0 Å². The van der Waals surface area contributed by atoms with Crippen molar-refractivity contribution in [2.75, 3.05) is 18.6 Å². The highest BCUT2D eigenvalue weighted by atomic mass is 32.2. The van der Waals surface area contributed by atoms with E-state index in [0.29, 0.717) is 0 Å². The lowest BCUT2D eigenvalue weighted by Gasteiger charge is -2.12. The van der Waals surface area contributed by atoms with E-state index >= 15 is 0 Å². The molecule has 18 heavy (non-hydrogen) atoms. The van der Waals surface area contributed by atoms with Crippen molar-refractivity contribution in [3.8, 4) is 0 Å². The summed E-state index contributed by atoms with van der Waals surface area (Å²) < 4.78 is 0. The lowest BCUT2D eigenvalue weighted by molar-refractivity contribution is -0.140. The first-order chi connectivity index (χ1) is 8.36. The number of carboxylic acid groups (broad SMARTS) is 1. The van der Waals surface area contributed by atoms with E-state index in [0.717, 1.165) is 11.8 Å². The van der Waals surface area contributed by atoms with Crippen molar-refractivity contribution < 1.29 is 24.3 Å². The molecule has 0 aromatic rings. The summed E-state index contributed by atoms with van der Waals surface area (Å²) in [6, 6.07) is -1.68. The summed E-state index contributed by atoms with van der Waals surface area (Å²) in [5.74, 6) is -2.21. The predicted molar refractivity (Wildman–Crippen MR) is 65.2 cm³/mol. The molecular formula is C9H15N3O5S. The third kappa shape index (κ3) is 7.49. The van der Waals surface area contributed by atoms with Crippen molar-refractivity contribution in [3.63, 3.8) is 0 Å². The van der Waals surface area contributed by atoms with E-state index in [-0.39, 0.29) is 11.5 Å². The zero-order valence-corrected chi connectivity index (χ0v) is 10.8. The third-order valence-electron chi connectivity index (χ3n) is 1.67. The van der Waals surface area contributed by atoms with E-state index in [1.165, 1.54) is 14.0 Å². The normalized spacial score (nSPS) is 11.2. The molecule has 9 heteroatoms. The zero-order chi connectivity index (χ0) is 14.1. The Labute approximate surface area is 108 Å². The van der Waals surface area contributed by atoms with Crippen LogP contribution in [0.5, 0.6) is 0 Å². The van der Waals surface area contributed by atoms with Crippen LogP contribution in [0.4, 0.5) is 4.79 Å². The smallest absolute Gasteiger partial charge is 0.327 e. The maximum absolute atomic E-state index is 11.2. The van der Waals surface area contributed by atoms with Crippen LogP contribution in [-0.2, 0) is 14.4 Å². The quantitative estimate of drug-likeness (QED) is 0.481. The Morgan fingerprint density at radius 1 is 1.28 bits per heavy atom. The molecule has 4 amide bonds.